The molecule has 1 aromatic heterocycles. The van der Waals surface area contributed by atoms with Crippen LogP contribution in [0.5, 0.6) is 0 Å². The first-order chi connectivity index (χ1) is 11.9. The molecule has 1 atom stereocenters. The molecule has 0 amide bonds. The summed E-state index contributed by atoms with van der Waals surface area (Å²) in [6.07, 6.45) is 5.44. The van der Waals surface area contributed by atoms with E-state index in [4.69, 9.17) is 19.6 Å². The third kappa shape index (κ3) is 9.09. The van der Waals surface area contributed by atoms with Crippen LogP contribution < -0.4 is 5.32 Å². The van der Waals surface area contributed by atoms with Crippen LogP contribution in [0.3, 0.4) is 0 Å². The van der Waals surface area contributed by atoms with Gasteiger partial charge < -0.3 is 24.9 Å². The van der Waals surface area contributed by atoms with E-state index in [1.807, 2.05) is 5.38 Å². The first-order valence-corrected chi connectivity index (χ1v) is 12.9. The normalized spacial score (nSPS) is 14.2. The SMILES string of the molecule is CC(C)CCCC(C)CCc1csc(NCC(P(=O)(O)O)P(=O)(O)O)n1. The molecule has 11 heteroatoms. The van der Waals surface area contributed by atoms with Gasteiger partial charge in [0.1, 0.15) is 0 Å². The molecule has 0 fully saturated rings. The Bertz CT molecular complexity index is 620. The van der Waals surface area contributed by atoms with Gasteiger partial charge in [-0.1, -0.05) is 40.0 Å². The number of thiazole rings is 1. The number of hydrogen-bond donors (Lipinski definition) is 5. The molecule has 0 saturated carbocycles. The van der Waals surface area contributed by atoms with E-state index in [2.05, 4.69) is 31.1 Å². The van der Waals surface area contributed by atoms with Gasteiger partial charge in [-0.25, -0.2) is 4.98 Å². The Morgan fingerprint density at radius 1 is 1.08 bits per heavy atom. The topological polar surface area (TPSA) is 140 Å². The summed E-state index contributed by atoms with van der Waals surface area (Å²) < 4.78 is 22.5. The molecule has 0 saturated heterocycles. The van der Waals surface area contributed by atoms with Crippen molar-refractivity contribution in [3.63, 3.8) is 0 Å². The highest BCUT2D eigenvalue weighted by Gasteiger charge is 2.43. The molecule has 0 spiro atoms. The Kier molecular flexibility index (Phi) is 9.44. The van der Waals surface area contributed by atoms with E-state index in [1.165, 1.54) is 30.6 Å². The maximum atomic E-state index is 11.3. The fraction of sp³-hybridized carbons (Fsp3) is 0.800. The van der Waals surface area contributed by atoms with Gasteiger partial charge in [0.2, 0.25) is 0 Å². The van der Waals surface area contributed by atoms with Crippen molar-refractivity contribution in [2.24, 2.45) is 11.8 Å². The number of anilines is 1. The minimum atomic E-state index is -4.92. The summed E-state index contributed by atoms with van der Waals surface area (Å²) in [7, 11) is -9.84. The van der Waals surface area contributed by atoms with E-state index in [1.54, 1.807) is 0 Å². The maximum absolute atomic E-state index is 11.3. The van der Waals surface area contributed by atoms with Gasteiger partial charge in [0, 0.05) is 11.9 Å². The van der Waals surface area contributed by atoms with Crippen molar-refractivity contribution in [2.75, 3.05) is 11.9 Å². The smallest absolute Gasteiger partial charge is 0.342 e. The minimum Gasteiger partial charge on any atom is -0.360 e. The monoisotopic (exact) mass is 428 g/mol. The standard InChI is InChI=1S/C15H30N2O6P2S/c1-11(2)5-4-6-12(3)7-8-13-10-26-15(17-13)16-9-14(24(18,19)20)25(21,22)23/h10-12,14H,4-9H2,1-3H3,(H,16,17)(H2,18,19,20)(H2,21,22,23). The zero-order valence-electron chi connectivity index (χ0n) is 15.4. The molecule has 0 bridgehead atoms. The zero-order valence-corrected chi connectivity index (χ0v) is 18.0. The molecule has 1 unspecified atom stereocenters. The Hall–Kier alpha value is -0.270. The Balaban J connectivity index is 2.47. The van der Waals surface area contributed by atoms with Crippen LogP contribution in [0.1, 0.15) is 52.1 Å². The van der Waals surface area contributed by atoms with Crippen LogP contribution in [0.15, 0.2) is 5.38 Å². The second-order valence-corrected chi connectivity index (χ2v) is 12.0. The third-order valence-electron chi connectivity index (χ3n) is 4.14. The lowest BCUT2D eigenvalue weighted by atomic mass is 9.96. The lowest BCUT2D eigenvalue weighted by Gasteiger charge is -2.19. The van der Waals surface area contributed by atoms with Gasteiger partial charge in [-0.15, -0.1) is 11.3 Å². The van der Waals surface area contributed by atoms with Gasteiger partial charge in [-0.2, -0.15) is 0 Å². The molecule has 0 aliphatic rings. The van der Waals surface area contributed by atoms with Crippen molar-refractivity contribution in [2.45, 2.75) is 58.3 Å². The number of hydrogen-bond acceptors (Lipinski definition) is 5. The number of rotatable bonds is 12. The summed E-state index contributed by atoms with van der Waals surface area (Å²) in [5, 5.41) is 2.83. The van der Waals surface area contributed by atoms with Gasteiger partial charge >= 0.3 is 15.2 Å². The largest absolute Gasteiger partial charge is 0.360 e. The van der Waals surface area contributed by atoms with E-state index >= 15 is 0 Å². The molecule has 1 aromatic rings. The highest BCUT2D eigenvalue weighted by molar-refractivity contribution is 7.70. The molecule has 0 aromatic carbocycles. The zero-order chi connectivity index (χ0) is 20.0. The molecule has 152 valence electrons. The molecule has 0 aliphatic carbocycles. The average molecular weight is 428 g/mol. The van der Waals surface area contributed by atoms with E-state index in [0.717, 1.165) is 24.5 Å². The summed E-state index contributed by atoms with van der Waals surface area (Å²) in [6, 6.07) is 0. The van der Waals surface area contributed by atoms with Crippen LogP contribution in [0.4, 0.5) is 5.13 Å². The van der Waals surface area contributed by atoms with Gasteiger partial charge in [0.25, 0.3) is 0 Å². The van der Waals surface area contributed by atoms with Crippen molar-refractivity contribution in [1.29, 1.82) is 0 Å². The molecule has 0 aliphatic heterocycles. The third-order valence-corrected chi connectivity index (χ3v) is 8.71. The van der Waals surface area contributed by atoms with Crippen LogP contribution in [0.25, 0.3) is 0 Å². The number of nitrogens with one attached hydrogen (secondary N) is 1. The highest BCUT2D eigenvalue weighted by atomic mass is 32.1. The van der Waals surface area contributed by atoms with Crippen LogP contribution in [0.2, 0.25) is 0 Å². The molecule has 1 heterocycles. The average Bonchev–Trinajstić information content (AvgIpc) is 2.90. The maximum Gasteiger partial charge on any atom is 0.342 e. The summed E-state index contributed by atoms with van der Waals surface area (Å²) in [5.41, 5.74) is 0.872. The minimum absolute atomic E-state index is 0.402. The second kappa shape index (κ2) is 10.3. The van der Waals surface area contributed by atoms with Crippen molar-refractivity contribution in [3.8, 4) is 0 Å². The molecular formula is C15H30N2O6P2S. The Morgan fingerprint density at radius 2 is 1.69 bits per heavy atom. The molecule has 0 radical (unpaired) electrons. The van der Waals surface area contributed by atoms with Crippen molar-refractivity contribution >= 4 is 31.7 Å². The van der Waals surface area contributed by atoms with E-state index in [-0.39, 0.29) is 0 Å². The van der Waals surface area contributed by atoms with E-state index in [0.29, 0.717) is 11.0 Å². The van der Waals surface area contributed by atoms with Crippen molar-refractivity contribution < 1.29 is 28.7 Å². The Morgan fingerprint density at radius 3 is 2.23 bits per heavy atom. The predicted molar refractivity (Wildman–Crippen MR) is 105 cm³/mol. The summed E-state index contributed by atoms with van der Waals surface area (Å²) in [4.78, 5) is 40.8. The van der Waals surface area contributed by atoms with Crippen molar-refractivity contribution in [1.82, 2.24) is 4.98 Å². The lowest BCUT2D eigenvalue weighted by Crippen LogP contribution is -2.20. The van der Waals surface area contributed by atoms with Gasteiger partial charge in [-0.05, 0) is 24.7 Å². The van der Waals surface area contributed by atoms with Gasteiger partial charge in [0.05, 0.1) is 5.69 Å². The van der Waals surface area contributed by atoms with Gasteiger partial charge in [-0.3, -0.25) is 9.13 Å². The van der Waals surface area contributed by atoms with E-state index in [9.17, 15) is 9.13 Å². The molecular weight excluding hydrogens is 398 g/mol. The first-order valence-electron chi connectivity index (χ1n) is 8.68. The fourth-order valence-electron chi connectivity index (χ4n) is 2.53. The summed E-state index contributed by atoms with van der Waals surface area (Å²) in [6.45, 7) is 6.12. The fourth-order valence-corrected chi connectivity index (χ4v) is 5.51. The molecule has 8 nitrogen and oxygen atoms in total. The number of aryl methyl sites for hydroxylation is 1. The lowest BCUT2D eigenvalue weighted by molar-refractivity contribution is 0.340. The molecule has 26 heavy (non-hydrogen) atoms. The highest BCUT2D eigenvalue weighted by Crippen LogP contribution is 2.59. The second-order valence-electron chi connectivity index (χ2n) is 7.15. The Labute approximate surface area is 158 Å². The first kappa shape index (κ1) is 23.8. The van der Waals surface area contributed by atoms with Crippen LogP contribution in [-0.2, 0) is 15.6 Å². The quantitative estimate of drug-likeness (QED) is 0.318. The summed E-state index contributed by atoms with van der Waals surface area (Å²) >= 11 is 1.26. The van der Waals surface area contributed by atoms with Gasteiger partial charge in [0.15, 0.2) is 10.5 Å². The predicted octanol–water partition coefficient (Wildman–Crippen LogP) is 3.63. The van der Waals surface area contributed by atoms with E-state index < -0.39 is 27.1 Å². The van der Waals surface area contributed by atoms with Crippen molar-refractivity contribution in [3.05, 3.63) is 11.1 Å². The van der Waals surface area contributed by atoms with Crippen LogP contribution >= 0.6 is 26.5 Å². The molecule has 5 N–H and O–H groups in total. The van der Waals surface area contributed by atoms with Crippen LogP contribution in [0, 0.1) is 11.8 Å². The summed E-state index contributed by atoms with van der Waals surface area (Å²) in [5.74, 6) is 1.32. The van der Waals surface area contributed by atoms with Crippen LogP contribution in [-0.4, -0.2) is 36.5 Å². The number of nitrogens with zero attached hydrogens (tertiary/aromatic N) is 1. The molecule has 1 rings (SSSR count). The number of aromatic nitrogens is 1.